The first-order valence-corrected chi connectivity index (χ1v) is 44.2. The van der Waals surface area contributed by atoms with E-state index in [-0.39, 0.29) is 74.5 Å². The van der Waals surface area contributed by atoms with Crippen molar-refractivity contribution in [2.45, 2.75) is 176 Å². The summed E-state index contributed by atoms with van der Waals surface area (Å²) in [6.07, 6.45) is -1.66. The number of rotatable bonds is 22. The summed E-state index contributed by atoms with van der Waals surface area (Å²) in [6, 6.07) is 25.9. The Hall–Kier alpha value is -14.2. The molecule has 15 amide bonds. The van der Waals surface area contributed by atoms with Gasteiger partial charge in [0.1, 0.15) is 84.0 Å². The SMILES string of the molecule is CCCC[C@H]1C(=O)N(C)CC(=O)N[C@@H](CC(=O)O)C(=O)N[C@@H](CCC(=O)O)C(=O)N(C)C(Cc2ccccc2)C(=O)N[C@H]2Cc3ccc(O)cc3N(CC(=O)N[C@@H](Cc3c[nH]c4ccccc34)C(=O)NC3(CC3c3ccc(O)cc3)C(=O)N[C@@H](CC(C)C)C(=O)N[C@H](C(=O)NCC(N)=O)CSCC(=O)N[C@@H](Cc3ccccc3)C(=O)N(C)[C@@H](Cc3ccccc3)C(=O)N1C)C2=O. The number of H-pyrrole nitrogens is 1. The summed E-state index contributed by atoms with van der Waals surface area (Å²) >= 11 is 0.818. The lowest BCUT2D eigenvalue weighted by atomic mass is 9.95. The molecule has 3 aliphatic rings. The van der Waals surface area contributed by atoms with E-state index in [0.29, 0.717) is 57.1 Å². The molecule has 37 nitrogen and oxygen atoms in total. The molecule has 2 aliphatic heterocycles. The predicted octanol–water partition coefficient (Wildman–Crippen LogP) is 1.74. The molecule has 16 N–H and O–H groups in total. The molecule has 10 rings (SSSR count). The highest BCUT2D eigenvalue weighted by Gasteiger charge is 2.63. The zero-order valence-electron chi connectivity index (χ0n) is 73.7. The van der Waals surface area contributed by atoms with Gasteiger partial charge in [0.25, 0.3) is 0 Å². The summed E-state index contributed by atoms with van der Waals surface area (Å²) in [6.45, 7) is 2.81. The van der Waals surface area contributed by atoms with Gasteiger partial charge in [0.2, 0.25) is 88.6 Å². The van der Waals surface area contributed by atoms with Crippen molar-refractivity contribution in [1.29, 1.82) is 0 Å². The number of nitrogens with zero attached hydrogens (tertiary/aromatic N) is 5. The number of phenolic OH excluding ortho intramolecular Hbond substituents is 2. The highest BCUT2D eigenvalue weighted by Crippen LogP contribution is 2.52. The number of aromatic nitrogens is 1. The molecular weight excluding hydrogens is 1710 g/mol. The summed E-state index contributed by atoms with van der Waals surface area (Å²) in [5, 5.41) is 66.2. The number of carboxylic acid groups (broad SMARTS) is 2. The number of aromatic hydroxyl groups is 2. The molecule has 12 atom stereocenters. The summed E-state index contributed by atoms with van der Waals surface area (Å²) in [5.74, 6) is -20.2. The second-order valence-corrected chi connectivity index (χ2v) is 34.6. The number of likely N-dealkylation sites (N-methyl/N-ethyl adjacent to an activating group) is 4. The Morgan fingerprint density at radius 1 is 0.542 bits per heavy atom. The molecule has 1 aromatic heterocycles. The number of hydrogen-bond donors (Lipinski definition) is 15. The number of fused-ring (bicyclic) bond motifs is 5. The van der Waals surface area contributed by atoms with Crippen molar-refractivity contribution in [2.75, 3.05) is 64.2 Å². The number of nitrogens with one attached hydrogen (secondary N) is 10. The molecule has 2 fully saturated rings. The third-order valence-electron chi connectivity index (χ3n) is 23.3. The number of benzene rings is 6. The molecule has 3 heterocycles. The minimum atomic E-state index is -2.04. The minimum Gasteiger partial charge on any atom is -0.508 e. The molecule has 7 aromatic rings. The van der Waals surface area contributed by atoms with Crippen molar-refractivity contribution in [1.82, 2.24) is 72.4 Å². The third-order valence-corrected chi connectivity index (χ3v) is 24.3. The monoisotopic (exact) mass is 1820 g/mol. The molecular formula is C93H112N16O21S. The number of amides is 15. The van der Waals surface area contributed by atoms with Gasteiger partial charge in [-0.1, -0.05) is 161 Å². The number of carbonyl (C=O) groups excluding carboxylic acids is 15. The molecule has 6 aromatic carbocycles. The van der Waals surface area contributed by atoms with Crippen LogP contribution in [0.15, 0.2) is 164 Å². The van der Waals surface area contributed by atoms with E-state index in [1.165, 1.54) is 63.6 Å². The van der Waals surface area contributed by atoms with E-state index in [2.05, 4.69) is 52.8 Å². The minimum absolute atomic E-state index is 0.00328. The number of nitrogens with two attached hydrogens (primary N) is 1. The normalized spacial score (nSPS) is 23.4. The van der Waals surface area contributed by atoms with E-state index in [1.807, 2.05) is 6.92 Å². The summed E-state index contributed by atoms with van der Waals surface area (Å²) in [7, 11) is 5.06. The number of para-hydroxylation sites is 1. The van der Waals surface area contributed by atoms with Crippen molar-refractivity contribution in [3.8, 4) is 11.5 Å². The largest absolute Gasteiger partial charge is 0.508 e. The molecule has 1 aliphatic carbocycles. The van der Waals surface area contributed by atoms with Crippen LogP contribution >= 0.6 is 11.8 Å². The van der Waals surface area contributed by atoms with Crippen LogP contribution in [0, 0.1) is 5.92 Å². The average molecular weight is 1820 g/mol. The zero-order valence-corrected chi connectivity index (χ0v) is 74.5. The van der Waals surface area contributed by atoms with Crippen LogP contribution in [-0.4, -0.2) is 271 Å². The summed E-state index contributed by atoms with van der Waals surface area (Å²) in [5.41, 5.74) is 6.93. The molecule has 38 heteroatoms. The summed E-state index contributed by atoms with van der Waals surface area (Å²) in [4.78, 5) is 257. The van der Waals surface area contributed by atoms with E-state index in [1.54, 1.807) is 135 Å². The van der Waals surface area contributed by atoms with Crippen molar-refractivity contribution < 1.29 is 102 Å². The molecule has 3 unspecified atom stereocenters. The first-order chi connectivity index (χ1) is 62.4. The number of carboxylic acids is 2. The Morgan fingerprint density at radius 2 is 1.11 bits per heavy atom. The fourth-order valence-electron chi connectivity index (χ4n) is 16.2. The number of carbonyl (C=O) groups is 17. The van der Waals surface area contributed by atoms with Gasteiger partial charge < -0.3 is 103 Å². The van der Waals surface area contributed by atoms with Gasteiger partial charge in [0.05, 0.1) is 31.0 Å². The first-order valence-electron chi connectivity index (χ1n) is 43.1. The fraction of sp³-hybridized carbons (Fsp3) is 0.409. The van der Waals surface area contributed by atoms with E-state index in [0.717, 1.165) is 43.3 Å². The van der Waals surface area contributed by atoms with Crippen molar-refractivity contribution in [3.63, 3.8) is 0 Å². The molecule has 1 spiro atoms. The number of thioether (sulfide) groups is 1. The first kappa shape index (κ1) is 99.0. The van der Waals surface area contributed by atoms with Gasteiger partial charge in [-0.3, -0.25) is 81.5 Å². The van der Waals surface area contributed by atoms with Crippen LogP contribution in [-0.2, 0) is 114 Å². The van der Waals surface area contributed by atoms with Gasteiger partial charge in [-0.2, -0.15) is 0 Å². The van der Waals surface area contributed by atoms with E-state index < -0.39 is 223 Å². The Balaban J connectivity index is 1.04. The smallest absolute Gasteiger partial charge is 0.305 e. The van der Waals surface area contributed by atoms with Crippen LogP contribution in [0.4, 0.5) is 5.69 Å². The Labute approximate surface area is 760 Å². The molecule has 2 bridgehead atoms. The molecule has 1 saturated carbocycles. The zero-order chi connectivity index (χ0) is 95.1. The molecule has 1 saturated heterocycles. The number of aliphatic carboxylic acids is 2. The highest BCUT2D eigenvalue weighted by atomic mass is 32.2. The third kappa shape index (κ3) is 26.7. The molecule has 0 radical (unpaired) electrons. The topological polar surface area (TPSA) is 537 Å². The van der Waals surface area contributed by atoms with Crippen LogP contribution in [0.25, 0.3) is 10.9 Å². The van der Waals surface area contributed by atoms with Gasteiger partial charge in [-0.15, -0.1) is 11.8 Å². The second-order valence-electron chi connectivity index (χ2n) is 33.5. The van der Waals surface area contributed by atoms with Crippen molar-refractivity contribution >= 4 is 129 Å². The van der Waals surface area contributed by atoms with Crippen molar-refractivity contribution in [2.24, 2.45) is 11.7 Å². The Bertz CT molecular complexity index is 5360. The predicted molar refractivity (Wildman–Crippen MR) is 481 cm³/mol. The van der Waals surface area contributed by atoms with Crippen LogP contribution in [0.1, 0.15) is 111 Å². The quantitative estimate of drug-likeness (QED) is 0.0459. The highest BCUT2D eigenvalue weighted by molar-refractivity contribution is 8.00. The number of anilines is 1. The number of primary amides is 1. The van der Waals surface area contributed by atoms with Crippen LogP contribution < -0.4 is 58.5 Å². The van der Waals surface area contributed by atoms with Gasteiger partial charge >= 0.3 is 11.9 Å². The second kappa shape index (κ2) is 45.7. The van der Waals surface area contributed by atoms with E-state index in [4.69, 9.17) is 5.73 Å². The lowest BCUT2D eigenvalue weighted by molar-refractivity contribution is -0.151. The Morgan fingerprint density at radius 3 is 1.74 bits per heavy atom. The average Bonchev–Trinajstić information content (AvgIpc) is 1.56. The number of aromatic amines is 1. The van der Waals surface area contributed by atoms with Gasteiger partial charge in [-0.05, 0) is 89.2 Å². The standard InChI is InChI=1S/C93H112N16O21S/c1-8-9-29-72-90(128)105(4)49-77(113)98-68(45-81(118)119)84(122)100-65(36-37-80(116)117)87(125)107(6)74(40-55-23-15-11-16-24-55)86(124)101-70-42-58-32-35-61(111)44-73(58)109(89(70)127)50-78(114)97-67(43-59-47-95-64-28-20-19-27-62(59)64)85(123)104-93(46-63(93)57-30-33-60(110)34-31-57)92(130)103-66(38-53(2)3)83(121)102-71(82(120)96-48-76(94)112)51-131-52-79(115)99-69(39-54-21-13-10-14-22-54)88(126)108(7)75(91(129)106(72)5)41-56-25-17-12-18-26-56/h10-28,30-35,44,47,53,63,65-72,74-75,95,110-111H,8-9,29,36-43,45-46,48-52H2,1-7H3,(H2,94,112)(H,96,120)(H,97,114)(H,98,113)(H,99,115)(H,100,122)(H,101,124)(H,102,121)(H,103,130)(H,104,123)(H,116,117)(H,118,119)/t63?,65-,66-,67-,68-,69-,70-,71-,72-,74?,75-,93?/m0/s1. The lowest BCUT2D eigenvalue weighted by Crippen LogP contribution is -2.62. The van der Waals surface area contributed by atoms with E-state index >= 15 is 43.2 Å². The summed E-state index contributed by atoms with van der Waals surface area (Å²) < 4.78 is 0. The van der Waals surface area contributed by atoms with E-state index in [9.17, 15) is 58.8 Å². The molecule has 696 valence electrons. The maximum absolute atomic E-state index is 15.7. The number of unbranched alkanes of at least 4 members (excludes halogenated alkanes) is 1. The van der Waals surface area contributed by atoms with Crippen LogP contribution in [0.3, 0.4) is 0 Å². The van der Waals surface area contributed by atoms with Crippen LogP contribution in [0.2, 0.25) is 0 Å². The molecule has 131 heavy (non-hydrogen) atoms. The number of hydrogen-bond acceptors (Lipinski definition) is 20. The Kier molecular flexibility index (Phi) is 34.5. The lowest BCUT2D eigenvalue weighted by Gasteiger charge is -2.37. The maximum Gasteiger partial charge on any atom is 0.305 e. The maximum atomic E-state index is 15.7. The van der Waals surface area contributed by atoms with Gasteiger partial charge in [-0.25, -0.2) is 0 Å². The van der Waals surface area contributed by atoms with Gasteiger partial charge in [0.15, 0.2) is 0 Å². The van der Waals surface area contributed by atoms with Crippen LogP contribution in [0.5, 0.6) is 11.5 Å². The number of phenols is 2. The fourth-order valence-corrected chi connectivity index (χ4v) is 17.0. The van der Waals surface area contributed by atoms with Crippen molar-refractivity contribution in [3.05, 3.63) is 197 Å². The van der Waals surface area contributed by atoms with Gasteiger partial charge in [0, 0.05) is 102 Å².